The van der Waals surface area contributed by atoms with Crippen LogP contribution in [-0.2, 0) is 16.6 Å². The number of ether oxygens (including phenoxy) is 1. The first-order chi connectivity index (χ1) is 10.4. The topological polar surface area (TPSA) is 71.2 Å². The standard InChI is InChI=1S/C16H22N4O2/c1-15(2)10-16(6-12(7-17)14(15)21)11-20(4-5-22-16)13-8-18-19(3)9-13/h8-9,12H,4-6,10-11H2,1-3H3. The molecule has 0 aromatic carbocycles. The Balaban J connectivity index is 1.86. The van der Waals surface area contributed by atoms with Crippen molar-refractivity contribution in [3.8, 4) is 6.07 Å². The minimum absolute atomic E-state index is 0.0442. The number of Topliss-reactive ketones (excluding diaryl/α,β-unsaturated/α-hetero) is 1. The van der Waals surface area contributed by atoms with Crippen LogP contribution < -0.4 is 4.90 Å². The minimum atomic E-state index is -0.572. The molecule has 2 aliphatic rings. The summed E-state index contributed by atoms with van der Waals surface area (Å²) in [6.45, 7) is 5.96. The highest BCUT2D eigenvalue weighted by Crippen LogP contribution is 2.45. The van der Waals surface area contributed by atoms with Crippen LogP contribution in [-0.4, -0.2) is 40.9 Å². The monoisotopic (exact) mass is 302 g/mol. The van der Waals surface area contributed by atoms with E-state index in [9.17, 15) is 10.1 Å². The summed E-state index contributed by atoms with van der Waals surface area (Å²) in [6.07, 6.45) is 4.98. The average molecular weight is 302 g/mol. The van der Waals surface area contributed by atoms with Gasteiger partial charge >= 0.3 is 0 Å². The van der Waals surface area contributed by atoms with E-state index >= 15 is 0 Å². The second-order valence-corrected chi connectivity index (χ2v) is 7.14. The summed E-state index contributed by atoms with van der Waals surface area (Å²) in [5.41, 5.74) is 0.121. The largest absolute Gasteiger partial charge is 0.371 e. The zero-order chi connectivity index (χ0) is 16.0. The van der Waals surface area contributed by atoms with Crippen LogP contribution in [0.3, 0.4) is 0 Å². The highest BCUT2D eigenvalue weighted by Gasteiger charge is 2.52. The van der Waals surface area contributed by atoms with Gasteiger partial charge in [0.05, 0.1) is 30.2 Å². The fourth-order valence-electron chi connectivity index (χ4n) is 3.87. The summed E-state index contributed by atoms with van der Waals surface area (Å²) in [5, 5.41) is 13.6. The fraction of sp³-hybridized carbons (Fsp3) is 0.688. The van der Waals surface area contributed by atoms with E-state index in [1.807, 2.05) is 33.3 Å². The van der Waals surface area contributed by atoms with Gasteiger partial charge < -0.3 is 9.64 Å². The molecule has 0 bridgehead atoms. The van der Waals surface area contributed by atoms with Gasteiger partial charge in [0.2, 0.25) is 0 Å². The molecular formula is C16H22N4O2. The number of hydrogen-bond donors (Lipinski definition) is 0. The summed E-state index contributed by atoms with van der Waals surface area (Å²) in [6, 6.07) is 2.18. The molecule has 3 rings (SSSR count). The van der Waals surface area contributed by atoms with E-state index in [1.165, 1.54) is 0 Å². The molecule has 0 radical (unpaired) electrons. The third-order valence-corrected chi connectivity index (χ3v) is 4.78. The van der Waals surface area contributed by atoms with Gasteiger partial charge in [0.15, 0.2) is 5.78 Å². The lowest BCUT2D eigenvalue weighted by Gasteiger charge is -2.50. The molecule has 0 N–H and O–H groups in total. The molecule has 1 saturated carbocycles. The Morgan fingerprint density at radius 1 is 1.50 bits per heavy atom. The Morgan fingerprint density at radius 2 is 2.27 bits per heavy atom. The third kappa shape index (κ3) is 2.50. The Bertz CT molecular complexity index is 630. The van der Waals surface area contributed by atoms with Gasteiger partial charge in [-0.1, -0.05) is 13.8 Å². The molecule has 2 atom stereocenters. The van der Waals surface area contributed by atoms with Gasteiger partial charge in [-0.3, -0.25) is 9.48 Å². The number of rotatable bonds is 1. The Labute approximate surface area is 130 Å². The first-order valence-electron chi connectivity index (χ1n) is 7.67. The molecule has 6 nitrogen and oxygen atoms in total. The first-order valence-corrected chi connectivity index (χ1v) is 7.67. The molecule has 2 fully saturated rings. The van der Waals surface area contributed by atoms with E-state index in [-0.39, 0.29) is 5.78 Å². The molecule has 1 saturated heterocycles. The summed E-state index contributed by atoms with van der Waals surface area (Å²) in [5.74, 6) is -0.527. The Kier molecular flexibility index (Phi) is 3.48. The molecule has 118 valence electrons. The van der Waals surface area contributed by atoms with Gasteiger partial charge in [0, 0.05) is 38.2 Å². The average Bonchev–Trinajstić information content (AvgIpc) is 2.89. The van der Waals surface area contributed by atoms with Crippen LogP contribution in [0.1, 0.15) is 26.7 Å². The molecule has 1 aromatic rings. The van der Waals surface area contributed by atoms with Crippen molar-refractivity contribution in [2.24, 2.45) is 18.4 Å². The zero-order valence-corrected chi connectivity index (χ0v) is 13.4. The maximum atomic E-state index is 12.4. The van der Waals surface area contributed by atoms with E-state index < -0.39 is 16.9 Å². The van der Waals surface area contributed by atoms with E-state index in [0.29, 0.717) is 26.0 Å². The van der Waals surface area contributed by atoms with Crippen LogP contribution >= 0.6 is 0 Å². The second-order valence-electron chi connectivity index (χ2n) is 7.14. The molecule has 1 aliphatic carbocycles. The minimum Gasteiger partial charge on any atom is -0.371 e. The van der Waals surface area contributed by atoms with Crippen molar-refractivity contribution in [2.75, 3.05) is 24.6 Å². The molecule has 0 amide bonds. The highest BCUT2D eigenvalue weighted by atomic mass is 16.5. The van der Waals surface area contributed by atoms with Gasteiger partial charge in [-0.25, -0.2) is 0 Å². The van der Waals surface area contributed by atoms with Crippen molar-refractivity contribution in [3.63, 3.8) is 0 Å². The smallest absolute Gasteiger partial charge is 0.155 e. The number of ketones is 1. The van der Waals surface area contributed by atoms with Gasteiger partial charge in [-0.2, -0.15) is 10.4 Å². The molecule has 2 heterocycles. The summed E-state index contributed by atoms with van der Waals surface area (Å²) in [7, 11) is 1.90. The number of hydrogen-bond acceptors (Lipinski definition) is 5. The lowest BCUT2D eigenvalue weighted by atomic mass is 9.64. The number of carbonyl (C=O) groups is 1. The van der Waals surface area contributed by atoms with Crippen molar-refractivity contribution in [1.29, 1.82) is 5.26 Å². The van der Waals surface area contributed by atoms with Gasteiger partial charge in [0.1, 0.15) is 5.92 Å². The van der Waals surface area contributed by atoms with Gasteiger partial charge in [0.25, 0.3) is 0 Å². The van der Waals surface area contributed by atoms with Crippen LogP contribution in [0.2, 0.25) is 0 Å². The predicted octanol–water partition coefficient (Wildman–Crippen LogP) is 1.52. The number of anilines is 1. The number of nitrogens with zero attached hydrogens (tertiary/aromatic N) is 4. The molecule has 1 aliphatic heterocycles. The van der Waals surface area contributed by atoms with E-state index in [0.717, 1.165) is 12.2 Å². The maximum Gasteiger partial charge on any atom is 0.155 e. The summed E-state index contributed by atoms with van der Waals surface area (Å²) >= 11 is 0. The van der Waals surface area contributed by atoms with Crippen molar-refractivity contribution in [1.82, 2.24) is 9.78 Å². The van der Waals surface area contributed by atoms with Crippen LogP contribution in [0, 0.1) is 22.7 Å². The molecule has 22 heavy (non-hydrogen) atoms. The van der Waals surface area contributed by atoms with Crippen molar-refractivity contribution in [3.05, 3.63) is 12.4 Å². The fourth-order valence-corrected chi connectivity index (χ4v) is 3.87. The van der Waals surface area contributed by atoms with Gasteiger partial charge in [-0.05, 0) is 6.42 Å². The second kappa shape index (κ2) is 5.10. The zero-order valence-electron chi connectivity index (χ0n) is 13.4. The Hall–Kier alpha value is -1.87. The summed E-state index contributed by atoms with van der Waals surface area (Å²) < 4.78 is 7.89. The van der Waals surface area contributed by atoms with Crippen molar-refractivity contribution in [2.45, 2.75) is 32.3 Å². The van der Waals surface area contributed by atoms with Crippen molar-refractivity contribution >= 4 is 11.5 Å². The quantitative estimate of drug-likeness (QED) is 0.786. The third-order valence-electron chi connectivity index (χ3n) is 4.78. The molecule has 1 spiro atoms. The van der Waals surface area contributed by atoms with Crippen LogP contribution in [0.25, 0.3) is 0 Å². The Morgan fingerprint density at radius 3 is 2.91 bits per heavy atom. The highest BCUT2D eigenvalue weighted by molar-refractivity contribution is 5.89. The van der Waals surface area contributed by atoms with Crippen LogP contribution in [0.5, 0.6) is 0 Å². The molecule has 1 aromatic heterocycles. The normalized spacial score (nSPS) is 31.3. The van der Waals surface area contributed by atoms with Crippen molar-refractivity contribution < 1.29 is 9.53 Å². The first kappa shape index (κ1) is 15.0. The van der Waals surface area contributed by atoms with Gasteiger partial charge in [-0.15, -0.1) is 0 Å². The van der Waals surface area contributed by atoms with E-state index in [2.05, 4.69) is 16.1 Å². The van der Waals surface area contributed by atoms with E-state index in [1.54, 1.807) is 4.68 Å². The number of aromatic nitrogens is 2. The summed E-state index contributed by atoms with van der Waals surface area (Å²) in [4.78, 5) is 14.6. The van der Waals surface area contributed by atoms with Crippen LogP contribution in [0.4, 0.5) is 5.69 Å². The maximum absolute atomic E-state index is 12.4. The number of aryl methyl sites for hydroxylation is 1. The number of nitriles is 1. The SMILES string of the molecule is Cn1cc(N2CCOC3(CC(C#N)C(=O)C(C)(C)C3)C2)cn1. The lowest BCUT2D eigenvalue weighted by Crippen LogP contribution is -2.59. The number of carbonyl (C=O) groups excluding carboxylic acids is 1. The predicted molar refractivity (Wildman–Crippen MR) is 81.2 cm³/mol. The lowest BCUT2D eigenvalue weighted by molar-refractivity contribution is -0.152. The number of morpholine rings is 1. The molecule has 6 heteroatoms. The molecule has 2 unspecified atom stereocenters. The van der Waals surface area contributed by atoms with Crippen LogP contribution in [0.15, 0.2) is 12.4 Å². The molecular weight excluding hydrogens is 280 g/mol. The van der Waals surface area contributed by atoms with E-state index in [4.69, 9.17) is 4.74 Å².